The highest BCUT2D eigenvalue weighted by Crippen LogP contribution is 2.27. The Labute approximate surface area is 106 Å². The molecule has 0 amide bonds. The molecule has 0 bridgehead atoms. The number of piperidine rings is 1. The van der Waals surface area contributed by atoms with Gasteiger partial charge in [-0.1, -0.05) is 18.2 Å². The minimum Gasteiger partial charge on any atom is -0.327 e. The first-order valence-corrected chi connectivity index (χ1v) is 7.14. The SMILES string of the molecule is NC1CCCN(Cc2csc3ccccc23)C1. The highest BCUT2D eigenvalue weighted by molar-refractivity contribution is 7.17. The quantitative estimate of drug-likeness (QED) is 0.883. The van der Waals surface area contributed by atoms with E-state index in [1.165, 1.54) is 35.0 Å². The molecular formula is C14H18N2S. The number of rotatable bonds is 2. The number of thiophene rings is 1. The van der Waals surface area contributed by atoms with E-state index in [-0.39, 0.29) is 0 Å². The van der Waals surface area contributed by atoms with Crippen LogP contribution in [0.5, 0.6) is 0 Å². The smallest absolute Gasteiger partial charge is 0.0346 e. The van der Waals surface area contributed by atoms with Gasteiger partial charge in [-0.15, -0.1) is 11.3 Å². The highest BCUT2D eigenvalue weighted by atomic mass is 32.1. The molecule has 2 N–H and O–H groups in total. The van der Waals surface area contributed by atoms with Crippen LogP contribution >= 0.6 is 11.3 Å². The molecule has 1 aromatic heterocycles. The summed E-state index contributed by atoms with van der Waals surface area (Å²) in [6, 6.07) is 9.03. The van der Waals surface area contributed by atoms with Crippen molar-refractivity contribution in [3.63, 3.8) is 0 Å². The van der Waals surface area contributed by atoms with Crippen LogP contribution in [0.1, 0.15) is 18.4 Å². The zero-order valence-corrected chi connectivity index (χ0v) is 10.7. The molecule has 1 aliphatic heterocycles. The Hall–Kier alpha value is -0.900. The summed E-state index contributed by atoms with van der Waals surface area (Å²) in [4.78, 5) is 2.49. The maximum absolute atomic E-state index is 6.03. The number of fused-ring (bicyclic) bond motifs is 1. The molecule has 1 atom stereocenters. The van der Waals surface area contributed by atoms with Crippen LogP contribution in [0.25, 0.3) is 10.1 Å². The number of nitrogens with zero attached hydrogens (tertiary/aromatic N) is 1. The second kappa shape index (κ2) is 4.77. The van der Waals surface area contributed by atoms with Gasteiger partial charge in [-0.3, -0.25) is 4.90 Å². The monoisotopic (exact) mass is 246 g/mol. The molecule has 0 radical (unpaired) electrons. The molecule has 0 aliphatic carbocycles. The van der Waals surface area contributed by atoms with Gasteiger partial charge < -0.3 is 5.73 Å². The maximum atomic E-state index is 6.03. The summed E-state index contributed by atoms with van der Waals surface area (Å²) in [7, 11) is 0. The van der Waals surface area contributed by atoms with E-state index >= 15 is 0 Å². The van der Waals surface area contributed by atoms with Crippen molar-refractivity contribution < 1.29 is 0 Å². The minimum atomic E-state index is 0.369. The number of hydrogen-bond donors (Lipinski definition) is 1. The molecule has 2 heterocycles. The van der Waals surface area contributed by atoms with Crippen LogP contribution in [0, 0.1) is 0 Å². The van der Waals surface area contributed by atoms with Crippen molar-refractivity contribution in [2.45, 2.75) is 25.4 Å². The maximum Gasteiger partial charge on any atom is 0.0346 e. The Morgan fingerprint density at radius 3 is 3.12 bits per heavy atom. The standard InChI is InChI=1S/C14H18N2S/c15-12-4-3-7-16(9-12)8-11-10-17-14-6-2-1-5-13(11)14/h1-2,5-6,10,12H,3-4,7-9,15H2. The summed E-state index contributed by atoms with van der Waals surface area (Å²) in [5.41, 5.74) is 7.49. The predicted octanol–water partition coefficient (Wildman–Crippen LogP) is 2.82. The lowest BCUT2D eigenvalue weighted by Gasteiger charge is -2.30. The van der Waals surface area contributed by atoms with Gasteiger partial charge in [0, 0.05) is 23.8 Å². The van der Waals surface area contributed by atoms with Gasteiger partial charge in [0.25, 0.3) is 0 Å². The summed E-state index contributed by atoms with van der Waals surface area (Å²) in [5.74, 6) is 0. The van der Waals surface area contributed by atoms with Gasteiger partial charge in [-0.2, -0.15) is 0 Å². The summed E-state index contributed by atoms with van der Waals surface area (Å²) in [6.45, 7) is 3.29. The molecule has 1 unspecified atom stereocenters. The third-order valence-corrected chi connectivity index (χ3v) is 4.51. The Bertz CT molecular complexity index is 506. The fraction of sp³-hybridized carbons (Fsp3) is 0.429. The molecule has 3 rings (SSSR count). The van der Waals surface area contributed by atoms with Gasteiger partial charge >= 0.3 is 0 Å². The largest absolute Gasteiger partial charge is 0.327 e. The van der Waals surface area contributed by atoms with Crippen molar-refractivity contribution in [2.75, 3.05) is 13.1 Å². The van der Waals surface area contributed by atoms with Gasteiger partial charge in [-0.05, 0) is 41.8 Å². The number of hydrogen-bond acceptors (Lipinski definition) is 3. The lowest BCUT2D eigenvalue weighted by molar-refractivity contribution is 0.202. The molecule has 17 heavy (non-hydrogen) atoms. The van der Waals surface area contributed by atoms with Crippen molar-refractivity contribution in [1.82, 2.24) is 4.90 Å². The lowest BCUT2D eigenvalue weighted by atomic mass is 10.1. The van der Waals surface area contributed by atoms with Crippen molar-refractivity contribution in [3.8, 4) is 0 Å². The van der Waals surface area contributed by atoms with E-state index in [1.807, 2.05) is 11.3 Å². The predicted molar refractivity (Wildman–Crippen MR) is 74.3 cm³/mol. The van der Waals surface area contributed by atoms with E-state index in [9.17, 15) is 0 Å². The van der Waals surface area contributed by atoms with E-state index in [1.54, 1.807) is 0 Å². The van der Waals surface area contributed by atoms with Gasteiger partial charge in [0.1, 0.15) is 0 Å². The van der Waals surface area contributed by atoms with Crippen LogP contribution in [-0.4, -0.2) is 24.0 Å². The van der Waals surface area contributed by atoms with E-state index in [4.69, 9.17) is 5.73 Å². The second-order valence-corrected chi connectivity index (χ2v) is 5.81. The first kappa shape index (κ1) is 11.2. The van der Waals surface area contributed by atoms with E-state index in [0.29, 0.717) is 6.04 Å². The van der Waals surface area contributed by atoms with Gasteiger partial charge in [-0.25, -0.2) is 0 Å². The first-order valence-electron chi connectivity index (χ1n) is 6.26. The molecule has 1 aromatic carbocycles. The molecule has 2 nitrogen and oxygen atoms in total. The molecular weight excluding hydrogens is 228 g/mol. The highest BCUT2D eigenvalue weighted by Gasteiger charge is 2.17. The van der Waals surface area contributed by atoms with E-state index < -0.39 is 0 Å². The van der Waals surface area contributed by atoms with Crippen molar-refractivity contribution in [2.24, 2.45) is 5.73 Å². The summed E-state index contributed by atoms with van der Waals surface area (Å²) in [6.07, 6.45) is 2.42. The van der Waals surface area contributed by atoms with Crippen LogP contribution in [0.4, 0.5) is 0 Å². The molecule has 1 fully saturated rings. The molecule has 0 spiro atoms. The van der Waals surface area contributed by atoms with E-state index in [2.05, 4.69) is 34.5 Å². The molecule has 3 heteroatoms. The lowest BCUT2D eigenvalue weighted by Crippen LogP contribution is -2.42. The van der Waals surface area contributed by atoms with Crippen LogP contribution < -0.4 is 5.73 Å². The Morgan fingerprint density at radius 2 is 2.24 bits per heavy atom. The van der Waals surface area contributed by atoms with Crippen LogP contribution in [0.3, 0.4) is 0 Å². The number of benzene rings is 1. The molecule has 1 aliphatic rings. The summed E-state index contributed by atoms with van der Waals surface area (Å²) >= 11 is 1.85. The first-order chi connectivity index (χ1) is 8.33. The average molecular weight is 246 g/mol. The second-order valence-electron chi connectivity index (χ2n) is 4.89. The number of likely N-dealkylation sites (tertiary alicyclic amines) is 1. The summed E-state index contributed by atoms with van der Waals surface area (Å²) < 4.78 is 1.39. The van der Waals surface area contributed by atoms with Crippen molar-refractivity contribution >= 4 is 21.4 Å². The van der Waals surface area contributed by atoms with Gasteiger partial charge in [0.15, 0.2) is 0 Å². The van der Waals surface area contributed by atoms with Crippen LogP contribution in [0.15, 0.2) is 29.6 Å². The molecule has 1 saturated heterocycles. The molecule has 0 saturated carbocycles. The Balaban J connectivity index is 1.80. The Kier molecular flexibility index (Phi) is 3.14. The zero-order chi connectivity index (χ0) is 11.7. The van der Waals surface area contributed by atoms with Gasteiger partial charge in [0.2, 0.25) is 0 Å². The molecule has 2 aromatic rings. The fourth-order valence-electron chi connectivity index (χ4n) is 2.63. The van der Waals surface area contributed by atoms with Crippen LogP contribution in [-0.2, 0) is 6.54 Å². The van der Waals surface area contributed by atoms with Crippen molar-refractivity contribution in [1.29, 1.82) is 0 Å². The topological polar surface area (TPSA) is 29.3 Å². The minimum absolute atomic E-state index is 0.369. The van der Waals surface area contributed by atoms with E-state index in [0.717, 1.165) is 13.1 Å². The third kappa shape index (κ3) is 2.37. The average Bonchev–Trinajstić information content (AvgIpc) is 2.73. The normalized spacial score (nSPS) is 22.1. The van der Waals surface area contributed by atoms with Gasteiger partial charge in [0.05, 0.1) is 0 Å². The number of nitrogens with two attached hydrogens (primary N) is 1. The van der Waals surface area contributed by atoms with Crippen molar-refractivity contribution in [3.05, 3.63) is 35.2 Å². The summed E-state index contributed by atoms with van der Waals surface area (Å²) in [5, 5.41) is 3.71. The van der Waals surface area contributed by atoms with Crippen LogP contribution in [0.2, 0.25) is 0 Å². The molecule has 90 valence electrons. The zero-order valence-electron chi connectivity index (χ0n) is 9.93. The Morgan fingerprint density at radius 1 is 1.35 bits per heavy atom. The fourth-order valence-corrected chi connectivity index (χ4v) is 3.59. The third-order valence-electron chi connectivity index (χ3n) is 3.50.